The molecule has 0 bridgehead atoms. The molecule has 0 spiro atoms. The first-order valence-electron chi connectivity index (χ1n) is 11.6. The van der Waals surface area contributed by atoms with E-state index in [1.807, 2.05) is 30.3 Å². The predicted octanol–water partition coefficient (Wildman–Crippen LogP) is -0.902. The molecule has 12 heteroatoms. The SMILES string of the molecule is CC(C)C(NC(=O)C(NC(=O)C(Cc1cnc[nH]1)NC(=O)C(N)Cc1ccccc1)C(C)O)C(=O)O. The number of imidazole rings is 1. The van der Waals surface area contributed by atoms with Gasteiger partial charge in [0.1, 0.15) is 18.1 Å². The Kier molecular flexibility index (Phi) is 10.6. The maximum absolute atomic E-state index is 13.2. The highest BCUT2D eigenvalue weighted by molar-refractivity contribution is 5.94. The molecular weight excluding hydrogens is 468 g/mol. The average Bonchev–Trinajstić information content (AvgIpc) is 3.33. The number of aliphatic hydroxyl groups excluding tert-OH is 1. The van der Waals surface area contributed by atoms with Gasteiger partial charge >= 0.3 is 5.97 Å². The van der Waals surface area contributed by atoms with Crippen LogP contribution in [0.15, 0.2) is 42.9 Å². The fraction of sp³-hybridized carbons (Fsp3) is 0.458. The molecule has 8 N–H and O–H groups in total. The van der Waals surface area contributed by atoms with Gasteiger partial charge in [-0.15, -0.1) is 0 Å². The van der Waals surface area contributed by atoms with Gasteiger partial charge in [-0.25, -0.2) is 9.78 Å². The van der Waals surface area contributed by atoms with Crippen LogP contribution >= 0.6 is 0 Å². The predicted molar refractivity (Wildman–Crippen MR) is 130 cm³/mol. The van der Waals surface area contributed by atoms with Gasteiger partial charge in [-0.1, -0.05) is 44.2 Å². The van der Waals surface area contributed by atoms with Crippen molar-refractivity contribution in [1.29, 1.82) is 0 Å². The van der Waals surface area contributed by atoms with E-state index in [4.69, 9.17) is 5.73 Å². The summed E-state index contributed by atoms with van der Waals surface area (Å²) < 4.78 is 0. The molecule has 0 radical (unpaired) electrons. The van der Waals surface area contributed by atoms with Crippen LogP contribution in [0, 0.1) is 5.92 Å². The van der Waals surface area contributed by atoms with Crippen molar-refractivity contribution >= 4 is 23.7 Å². The van der Waals surface area contributed by atoms with Crippen molar-refractivity contribution in [2.75, 3.05) is 0 Å². The first kappa shape index (κ1) is 28.5. The third kappa shape index (κ3) is 8.47. The standard InChI is InChI=1S/C24H34N6O6/c1-13(2)19(24(35)36)29-23(34)20(14(3)31)30-22(33)18(10-16-11-26-12-27-16)28-21(32)17(25)9-15-7-5-4-6-8-15/h4-8,11-14,17-20,31H,9-10,25H2,1-3H3,(H,26,27)(H,28,32)(H,29,34)(H,30,33)(H,35,36). The summed E-state index contributed by atoms with van der Waals surface area (Å²) in [6.45, 7) is 4.52. The summed E-state index contributed by atoms with van der Waals surface area (Å²) >= 11 is 0. The lowest BCUT2D eigenvalue weighted by Crippen LogP contribution is -2.60. The van der Waals surface area contributed by atoms with E-state index in [1.54, 1.807) is 13.8 Å². The number of carboxylic acids is 1. The largest absolute Gasteiger partial charge is 0.480 e. The van der Waals surface area contributed by atoms with Gasteiger partial charge in [-0.05, 0) is 24.8 Å². The molecule has 196 valence electrons. The maximum Gasteiger partial charge on any atom is 0.326 e. The molecule has 0 fully saturated rings. The molecule has 1 heterocycles. The fourth-order valence-corrected chi connectivity index (χ4v) is 3.48. The van der Waals surface area contributed by atoms with E-state index < -0.39 is 59.9 Å². The average molecular weight is 503 g/mol. The summed E-state index contributed by atoms with van der Waals surface area (Å²) in [4.78, 5) is 56.9. The molecule has 3 amide bonds. The summed E-state index contributed by atoms with van der Waals surface area (Å²) in [5.74, 6) is -3.89. The van der Waals surface area contributed by atoms with E-state index >= 15 is 0 Å². The lowest BCUT2D eigenvalue weighted by molar-refractivity contribution is -0.144. The number of hydrogen-bond acceptors (Lipinski definition) is 7. The summed E-state index contributed by atoms with van der Waals surface area (Å²) in [6, 6.07) is 4.37. The van der Waals surface area contributed by atoms with E-state index in [0.717, 1.165) is 5.56 Å². The third-order valence-electron chi connectivity index (χ3n) is 5.54. The summed E-state index contributed by atoms with van der Waals surface area (Å²) in [5, 5.41) is 26.9. The number of aromatic nitrogens is 2. The first-order valence-corrected chi connectivity index (χ1v) is 11.6. The number of benzene rings is 1. The van der Waals surface area contributed by atoms with Crippen LogP contribution < -0.4 is 21.7 Å². The quantitative estimate of drug-likeness (QED) is 0.183. The molecule has 0 aliphatic carbocycles. The van der Waals surface area contributed by atoms with Gasteiger partial charge in [0, 0.05) is 18.3 Å². The van der Waals surface area contributed by atoms with Gasteiger partial charge in [0.25, 0.3) is 0 Å². The number of nitrogens with one attached hydrogen (secondary N) is 4. The van der Waals surface area contributed by atoms with E-state index in [-0.39, 0.29) is 12.8 Å². The highest BCUT2D eigenvalue weighted by Crippen LogP contribution is 2.07. The maximum atomic E-state index is 13.2. The van der Waals surface area contributed by atoms with Crippen molar-refractivity contribution in [2.24, 2.45) is 11.7 Å². The number of aliphatic carboxylic acids is 1. The number of hydrogen-bond donors (Lipinski definition) is 7. The minimum Gasteiger partial charge on any atom is -0.480 e. The molecule has 36 heavy (non-hydrogen) atoms. The van der Waals surface area contributed by atoms with Crippen LogP contribution in [0.2, 0.25) is 0 Å². The number of nitrogens with zero attached hydrogens (tertiary/aromatic N) is 1. The second-order valence-corrected chi connectivity index (χ2v) is 8.93. The molecule has 0 aliphatic heterocycles. The highest BCUT2D eigenvalue weighted by atomic mass is 16.4. The molecule has 0 saturated heterocycles. The van der Waals surface area contributed by atoms with Gasteiger partial charge in [-0.2, -0.15) is 0 Å². The summed E-state index contributed by atoms with van der Waals surface area (Å²) in [6.07, 6.45) is 1.80. The highest BCUT2D eigenvalue weighted by Gasteiger charge is 2.33. The minimum atomic E-state index is -1.46. The summed E-state index contributed by atoms with van der Waals surface area (Å²) in [7, 11) is 0. The molecule has 5 atom stereocenters. The van der Waals surface area contributed by atoms with Gasteiger partial charge in [-0.3, -0.25) is 14.4 Å². The smallest absolute Gasteiger partial charge is 0.326 e. The Hall–Kier alpha value is -3.77. The Labute approximate surface area is 209 Å². The lowest BCUT2D eigenvalue weighted by atomic mass is 10.0. The molecule has 2 aromatic rings. The van der Waals surface area contributed by atoms with Gasteiger partial charge in [0.15, 0.2) is 0 Å². The van der Waals surface area contributed by atoms with Crippen LogP contribution in [0.5, 0.6) is 0 Å². The number of aromatic amines is 1. The van der Waals surface area contributed by atoms with Crippen molar-refractivity contribution in [3.8, 4) is 0 Å². The van der Waals surface area contributed by atoms with Crippen molar-refractivity contribution in [3.63, 3.8) is 0 Å². The first-order chi connectivity index (χ1) is 17.0. The van der Waals surface area contributed by atoms with E-state index in [2.05, 4.69) is 25.9 Å². The second-order valence-electron chi connectivity index (χ2n) is 8.93. The Morgan fingerprint density at radius 2 is 1.58 bits per heavy atom. The number of aliphatic hydroxyl groups is 1. The van der Waals surface area contributed by atoms with Gasteiger partial charge in [0.05, 0.1) is 18.5 Å². The molecule has 1 aromatic carbocycles. The van der Waals surface area contributed by atoms with Gasteiger partial charge < -0.3 is 36.9 Å². The van der Waals surface area contributed by atoms with Crippen LogP contribution in [0.25, 0.3) is 0 Å². The Balaban J connectivity index is 2.15. The van der Waals surface area contributed by atoms with E-state index in [0.29, 0.717) is 5.69 Å². The topological polar surface area (TPSA) is 200 Å². The van der Waals surface area contributed by atoms with Crippen LogP contribution in [-0.2, 0) is 32.0 Å². The minimum absolute atomic E-state index is 0.00746. The molecule has 0 saturated carbocycles. The van der Waals surface area contributed by atoms with E-state index in [1.165, 1.54) is 19.4 Å². The Morgan fingerprint density at radius 3 is 2.11 bits per heavy atom. The monoisotopic (exact) mass is 502 g/mol. The van der Waals surface area contributed by atoms with Crippen LogP contribution in [0.4, 0.5) is 0 Å². The van der Waals surface area contributed by atoms with Crippen LogP contribution in [0.1, 0.15) is 32.0 Å². The number of nitrogens with two attached hydrogens (primary N) is 1. The third-order valence-corrected chi connectivity index (χ3v) is 5.54. The number of carbonyl (C=O) groups excluding carboxylic acids is 3. The molecule has 12 nitrogen and oxygen atoms in total. The molecule has 5 unspecified atom stereocenters. The zero-order valence-electron chi connectivity index (χ0n) is 20.5. The number of carbonyl (C=O) groups is 4. The molecule has 2 rings (SSSR count). The van der Waals surface area contributed by atoms with Crippen molar-refractivity contribution in [1.82, 2.24) is 25.9 Å². The van der Waals surface area contributed by atoms with E-state index in [9.17, 15) is 29.4 Å². The lowest BCUT2D eigenvalue weighted by Gasteiger charge is -2.27. The zero-order valence-corrected chi connectivity index (χ0v) is 20.5. The Bertz CT molecular complexity index is 1010. The number of rotatable bonds is 13. The Morgan fingerprint density at radius 1 is 0.944 bits per heavy atom. The number of H-pyrrole nitrogens is 1. The van der Waals surface area contributed by atoms with Crippen LogP contribution in [-0.4, -0.2) is 74.1 Å². The second kappa shape index (κ2) is 13.4. The number of carboxylic acid groups (broad SMARTS) is 1. The van der Waals surface area contributed by atoms with Crippen molar-refractivity contribution in [3.05, 3.63) is 54.1 Å². The molecular formula is C24H34N6O6. The summed E-state index contributed by atoms with van der Waals surface area (Å²) in [5.41, 5.74) is 7.44. The fourth-order valence-electron chi connectivity index (χ4n) is 3.48. The normalized spacial score (nSPS) is 15.3. The zero-order chi connectivity index (χ0) is 26.8. The molecule has 1 aromatic heterocycles. The van der Waals surface area contributed by atoms with Crippen molar-refractivity contribution < 1.29 is 29.4 Å². The van der Waals surface area contributed by atoms with Crippen LogP contribution in [0.3, 0.4) is 0 Å². The van der Waals surface area contributed by atoms with Crippen molar-refractivity contribution in [2.45, 2.75) is 63.9 Å². The van der Waals surface area contributed by atoms with Gasteiger partial charge in [0.2, 0.25) is 17.7 Å². The number of amides is 3. The molecule has 0 aliphatic rings.